The van der Waals surface area contributed by atoms with Gasteiger partial charge in [0, 0.05) is 0 Å². The Balaban J connectivity index is 2.93. The second kappa shape index (κ2) is 5.82. The SMILES string of the molecule is C=C/C=C\C(=C/C)C(=C)c1ccccc1. The normalized spacial score (nSPS) is 11.7. The van der Waals surface area contributed by atoms with Gasteiger partial charge in [0.05, 0.1) is 0 Å². The second-order valence-electron chi connectivity index (χ2n) is 3.18. The lowest BCUT2D eigenvalue weighted by molar-refractivity contribution is 1.55. The molecule has 0 saturated carbocycles. The number of allylic oxidation sites excluding steroid dienone is 6. The molecule has 0 unspecified atom stereocenters. The molecule has 0 atom stereocenters. The third kappa shape index (κ3) is 3.10. The number of hydrogen-bond donors (Lipinski definition) is 0. The van der Waals surface area contributed by atoms with E-state index in [1.165, 1.54) is 0 Å². The summed E-state index contributed by atoms with van der Waals surface area (Å²) in [6, 6.07) is 10.2. The molecule has 0 spiro atoms. The summed E-state index contributed by atoms with van der Waals surface area (Å²) >= 11 is 0. The van der Waals surface area contributed by atoms with Gasteiger partial charge in [-0.05, 0) is 23.6 Å². The van der Waals surface area contributed by atoms with Crippen LogP contribution in [0.1, 0.15) is 12.5 Å². The van der Waals surface area contributed by atoms with Crippen molar-refractivity contribution in [2.75, 3.05) is 0 Å². The van der Waals surface area contributed by atoms with Crippen molar-refractivity contribution in [1.82, 2.24) is 0 Å². The number of benzene rings is 1. The third-order valence-electron chi connectivity index (χ3n) is 2.19. The summed E-state index contributed by atoms with van der Waals surface area (Å²) in [5.41, 5.74) is 3.32. The molecule has 0 saturated heterocycles. The smallest absolute Gasteiger partial charge is 0.0184 e. The maximum atomic E-state index is 4.10. The average Bonchev–Trinajstić information content (AvgIpc) is 2.31. The van der Waals surface area contributed by atoms with Crippen LogP contribution in [0.25, 0.3) is 5.57 Å². The van der Waals surface area contributed by atoms with Gasteiger partial charge in [-0.15, -0.1) is 0 Å². The summed E-state index contributed by atoms with van der Waals surface area (Å²) in [5, 5.41) is 0. The Morgan fingerprint density at radius 1 is 1.20 bits per heavy atom. The fourth-order valence-electron chi connectivity index (χ4n) is 1.35. The zero-order chi connectivity index (χ0) is 11.1. The molecule has 1 aromatic carbocycles. The van der Waals surface area contributed by atoms with Gasteiger partial charge < -0.3 is 0 Å². The van der Waals surface area contributed by atoms with Gasteiger partial charge in [-0.2, -0.15) is 0 Å². The minimum atomic E-state index is 1.04. The van der Waals surface area contributed by atoms with Crippen LogP contribution in [0.2, 0.25) is 0 Å². The van der Waals surface area contributed by atoms with E-state index in [-0.39, 0.29) is 0 Å². The van der Waals surface area contributed by atoms with Gasteiger partial charge in [0.2, 0.25) is 0 Å². The topological polar surface area (TPSA) is 0 Å². The molecular weight excluding hydrogens is 180 g/mol. The summed E-state index contributed by atoms with van der Waals surface area (Å²) in [6.07, 6.45) is 7.75. The molecule has 0 aliphatic heterocycles. The molecule has 0 radical (unpaired) electrons. The van der Waals surface area contributed by atoms with Gasteiger partial charge in [0.25, 0.3) is 0 Å². The van der Waals surface area contributed by atoms with Crippen molar-refractivity contribution < 1.29 is 0 Å². The molecule has 76 valence electrons. The highest BCUT2D eigenvalue weighted by Gasteiger charge is 2.00. The Morgan fingerprint density at radius 3 is 2.40 bits per heavy atom. The first kappa shape index (κ1) is 11.3. The largest absolute Gasteiger partial charge is 0.0991 e. The van der Waals surface area contributed by atoms with Crippen LogP contribution in [0, 0.1) is 0 Å². The first-order valence-electron chi connectivity index (χ1n) is 4.99. The lowest BCUT2D eigenvalue weighted by Crippen LogP contribution is -1.84. The molecule has 1 aromatic rings. The van der Waals surface area contributed by atoms with Crippen molar-refractivity contribution in [1.29, 1.82) is 0 Å². The van der Waals surface area contributed by atoms with Crippen LogP contribution in [0.15, 0.2) is 73.4 Å². The van der Waals surface area contributed by atoms with E-state index in [0.717, 1.165) is 16.7 Å². The van der Waals surface area contributed by atoms with Crippen LogP contribution in [0.3, 0.4) is 0 Å². The van der Waals surface area contributed by atoms with Crippen molar-refractivity contribution in [2.45, 2.75) is 6.92 Å². The van der Waals surface area contributed by atoms with Crippen LogP contribution in [-0.2, 0) is 0 Å². The lowest BCUT2D eigenvalue weighted by Gasteiger charge is -2.06. The van der Waals surface area contributed by atoms with Crippen LogP contribution < -0.4 is 0 Å². The fraction of sp³-hybridized carbons (Fsp3) is 0.0667. The molecule has 0 aliphatic carbocycles. The minimum Gasteiger partial charge on any atom is -0.0991 e. The van der Waals surface area contributed by atoms with Crippen molar-refractivity contribution in [3.63, 3.8) is 0 Å². The first-order valence-corrected chi connectivity index (χ1v) is 4.99. The molecular formula is C15H16. The van der Waals surface area contributed by atoms with Crippen LogP contribution in [-0.4, -0.2) is 0 Å². The zero-order valence-electron chi connectivity index (χ0n) is 9.11. The van der Waals surface area contributed by atoms with Gasteiger partial charge in [0.15, 0.2) is 0 Å². The number of hydrogen-bond acceptors (Lipinski definition) is 0. The summed E-state index contributed by atoms with van der Waals surface area (Å²) in [4.78, 5) is 0. The Hall–Kier alpha value is -1.82. The van der Waals surface area contributed by atoms with Crippen molar-refractivity contribution in [3.8, 4) is 0 Å². The van der Waals surface area contributed by atoms with Crippen molar-refractivity contribution in [2.24, 2.45) is 0 Å². The van der Waals surface area contributed by atoms with Crippen LogP contribution in [0.5, 0.6) is 0 Å². The Morgan fingerprint density at radius 2 is 1.87 bits per heavy atom. The standard InChI is InChI=1S/C15H16/c1-4-6-10-14(5-2)13(3)15-11-8-7-9-12-15/h4-12H,1,3H2,2H3/b10-6-,14-5+. The van der Waals surface area contributed by atoms with Gasteiger partial charge in [0.1, 0.15) is 0 Å². The maximum Gasteiger partial charge on any atom is -0.0184 e. The molecule has 0 amide bonds. The average molecular weight is 196 g/mol. The van der Waals surface area contributed by atoms with Gasteiger partial charge in [-0.1, -0.05) is 67.8 Å². The van der Waals surface area contributed by atoms with E-state index in [2.05, 4.69) is 31.4 Å². The maximum absolute atomic E-state index is 4.10. The summed E-state index contributed by atoms with van der Waals surface area (Å²) < 4.78 is 0. The molecule has 0 aliphatic rings. The molecule has 0 fully saturated rings. The van der Waals surface area contributed by atoms with Crippen molar-refractivity contribution in [3.05, 3.63) is 78.9 Å². The lowest BCUT2D eigenvalue weighted by atomic mass is 9.99. The molecule has 0 aromatic heterocycles. The third-order valence-corrected chi connectivity index (χ3v) is 2.19. The van der Waals surface area contributed by atoms with E-state index < -0.39 is 0 Å². The van der Waals surface area contributed by atoms with Crippen LogP contribution >= 0.6 is 0 Å². The highest BCUT2D eigenvalue weighted by molar-refractivity contribution is 5.79. The van der Waals surface area contributed by atoms with E-state index in [1.54, 1.807) is 6.08 Å². The molecule has 0 nitrogen and oxygen atoms in total. The Labute approximate surface area is 92.0 Å². The summed E-state index contributed by atoms with van der Waals surface area (Å²) in [7, 11) is 0. The first-order chi connectivity index (χ1) is 7.29. The second-order valence-corrected chi connectivity index (χ2v) is 3.18. The van der Waals surface area contributed by atoms with Gasteiger partial charge in [-0.25, -0.2) is 0 Å². The predicted octanol–water partition coefficient (Wildman–Crippen LogP) is 4.39. The molecule has 0 bridgehead atoms. The Bertz CT molecular complexity index is 391. The van der Waals surface area contributed by atoms with E-state index in [1.807, 2.05) is 37.3 Å². The zero-order valence-corrected chi connectivity index (χ0v) is 9.11. The summed E-state index contributed by atoms with van der Waals surface area (Å²) in [5.74, 6) is 0. The monoisotopic (exact) mass is 196 g/mol. The molecule has 15 heavy (non-hydrogen) atoms. The fourth-order valence-corrected chi connectivity index (χ4v) is 1.35. The predicted molar refractivity (Wildman–Crippen MR) is 68.6 cm³/mol. The van der Waals surface area contributed by atoms with Crippen molar-refractivity contribution >= 4 is 5.57 Å². The molecule has 0 N–H and O–H groups in total. The van der Waals surface area contributed by atoms with Gasteiger partial charge in [-0.3, -0.25) is 0 Å². The molecule has 1 rings (SSSR count). The van der Waals surface area contributed by atoms with E-state index >= 15 is 0 Å². The molecule has 0 heterocycles. The summed E-state index contributed by atoms with van der Waals surface area (Å²) in [6.45, 7) is 9.76. The minimum absolute atomic E-state index is 1.04. The van der Waals surface area contributed by atoms with E-state index in [0.29, 0.717) is 0 Å². The Kier molecular flexibility index (Phi) is 4.36. The molecule has 0 heteroatoms. The van der Waals surface area contributed by atoms with E-state index in [9.17, 15) is 0 Å². The highest BCUT2D eigenvalue weighted by Crippen LogP contribution is 2.21. The number of rotatable bonds is 4. The van der Waals surface area contributed by atoms with E-state index in [4.69, 9.17) is 0 Å². The van der Waals surface area contributed by atoms with Crippen LogP contribution in [0.4, 0.5) is 0 Å². The highest BCUT2D eigenvalue weighted by atomic mass is 14.0. The van der Waals surface area contributed by atoms with Gasteiger partial charge >= 0.3 is 0 Å². The quantitative estimate of drug-likeness (QED) is 0.626.